The van der Waals surface area contributed by atoms with Crippen molar-refractivity contribution in [3.63, 3.8) is 0 Å². The van der Waals surface area contributed by atoms with Crippen molar-refractivity contribution in [1.82, 2.24) is 0 Å². The number of nitrogens with zero attached hydrogens (tertiary/aromatic N) is 2. The lowest BCUT2D eigenvalue weighted by Crippen LogP contribution is -2.43. The molecule has 0 N–H and O–H groups in total. The first-order chi connectivity index (χ1) is 12.0. The van der Waals surface area contributed by atoms with Crippen LogP contribution in [0.5, 0.6) is 0 Å². The maximum absolute atomic E-state index is 13.0. The van der Waals surface area contributed by atoms with Crippen molar-refractivity contribution in [2.45, 2.75) is 38.5 Å². The van der Waals surface area contributed by atoms with Gasteiger partial charge in [0.25, 0.3) is 11.6 Å². The molecule has 0 saturated heterocycles. The number of nitro groups is 1. The van der Waals surface area contributed by atoms with Gasteiger partial charge in [0, 0.05) is 23.3 Å². The highest BCUT2D eigenvalue weighted by atomic mass is 16.6. The molecule has 1 atom stereocenters. The molecule has 128 valence electrons. The first kappa shape index (κ1) is 15.8. The monoisotopic (exact) mass is 338 g/mol. The molecule has 0 aromatic heterocycles. The van der Waals surface area contributed by atoms with E-state index in [1.807, 2.05) is 24.3 Å². The van der Waals surface area contributed by atoms with Crippen molar-refractivity contribution in [3.8, 4) is 0 Å². The Morgan fingerprint density at radius 3 is 2.60 bits per heavy atom. The van der Waals surface area contributed by atoms with Gasteiger partial charge in [-0.2, -0.15) is 0 Å². The molecular weight excluding hydrogens is 320 g/mol. The highest BCUT2D eigenvalue weighted by Gasteiger charge is 2.49. The number of hydrogen-bond acceptors (Lipinski definition) is 4. The smallest absolute Gasteiger partial charge is 0.270 e. The van der Waals surface area contributed by atoms with E-state index in [1.54, 1.807) is 11.0 Å². The summed E-state index contributed by atoms with van der Waals surface area (Å²) in [5.74, 6) is -0.253. The number of carbonyl (C=O) groups excluding carboxylic acids is 1. The average molecular weight is 338 g/mol. The predicted molar refractivity (Wildman–Crippen MR) is 92.4 cm³/mol. The summed E-state index contributed by atoms with van der Waals surface area (Å²) in [6.45, 7) is 4.15. The van der Waals surface area contributed by atoms with Gasteiger partial charge in [-0.05, 0) is 25.0 Å². The number of carbonyl (C=O) groups is 1. The minimum Gasteiger partial charge on any atom is -0.342 e. The van der Waals surface area contributed by atoms with Crippen LogP contribution in [0, 0.1) is 10.1 Å². The lowest BCUT2D eigenvalue weighted by Gasteiger charge is -2.45. The quantitative estimate of drug-likeness (QED) is 0.618. The summed E-state index contributed by atoms with van der Waals surface area (Å²) >= 11 is 0. The Labute approximate surface area is 145 Å². The zero-order valence-electron chi connectivity index (χ0n) is 14.1. The van der Waals surface area contributed by atoms with Crippen LogP contribution in [0.4, 0.5) is 11.4 Å². The van der Waals surface area contributed by atoms with E-state index in [-0.39, 0.29) is 11.6 Å². The van der Waals surface area contributed by atoms with Crippen molar-refractivity contribution in [2.75, 3.05) is 4.90 Å². The predicted octanol–water partition coefficient (Wildman–Crippen LogP) is 4.30. The zero-order valence-corrected chi connectivity index (χ0v) is 14.1. The van der Waals surface area contributed by atoms with Crippen LogP contribution in [0.1, 0.15) is 54.4 Å². The van der Waals surface area contributed by atoms with Crippen molar-refractivity contribution in [2.24, 2.45) is 0 Å². The lowest BCUT2D eigenvalue weighted by atomic mass is 9.85. The van der Waals surface area contributed by atoms with Crippen LogP contribution in [0.15, 0.2) is 42.5 Å². The van der Waals surface area contributed by atoms with Gasteiger partial charge >= 0.3 is 0 Å². The number of benzene rings is 2. The van der Waals surface area contributed by atoms with Crippen LogP contribution in [0.25, 0.3) is 0 Å². The van der Waals surface area contributed by atoms with Crippen LogP contribution in [-0.2, 0) is 10.3 Å². The fraction of sp³-hybridized carbons (Fsp3) is 0.316. The van der Waals surface area contributed by atoms with Crippen LogP contribution < -0.4 is 4.90 Å². The van der Waals surface area contributed by atoms with Crippen molar-refractivity contribution in [3.05, 3.63) is 69.3 Å². The Morgan fingerprint density at radius 1 is 1.20 bits per heavy atom. The number of amides is 1. The van der Waals surface area contributed by atoms with Crippen LogP contribution in [-0.4, -0.2) is 10.8 Å². The summed E-state index contributed by atoms with van der Waals surface area (Å²) in [6, 6.07) is 12.2. The summed E-state index contributed by atoms with van der Waals surface area (Å²) in [6.07, 6.45) is 1.01. The summed E-state index contributed by atoms with van der Waals surface area (Å²) in [5.41, 5.74) is 2.30. The lowest BCUT2D eigenvalue weighted by molar-refractivity contribution is -0.384. The number of anilines is 1. The molecule has 4 rings (SSSR count). The normalized spacial score (nSPS) is 20.0. The molecule has 2 aromatic rings. The summed E-state index contributed by atoms with van der Waals surface area (Å²) in [7, 11) is 0. The fourth-order valence-electron chi connectivity index (χ4n) is 3.93. The number of fused-ring (bicyclic) bond motifs is 5. The van der Waals surface area contributed by atoms with Gasteiger partial charge in [-0.1, -0.05) is 32.0 Å². The van der Waals surface area contributed by atoms with Crippen molar-refractivity contribution < 1.29 is 14.5 Å². The van der Waals surface area contributed by atoms with E-state index < -0.39 is 16.8 Å². The van der Waals surface area contributed by atoms with E-state index in [2.05, 4.69) is 13.8 Å². The minimum absolute atomic E-state index is 0.0857. The third kappa shape index (κ3) is 2.04. The maximum atomic E-state index is 13.0. The van der Waals surface area contributed by atoms with E-state index in [9.17, 15) is 14.9 Å². The van der Waals surface area contributed by atoms with Gasteiger partial charge < -0.3 is 4.74 Å². The van der Waals surface area contributed by atoms with E-state index in [1.165, 1.54) is 12.1 Å². The molecule has 6 heteroatoms. The van der Waals surface area contributed by atoms with Crippen molar-refractivity contribution >= 4 is 17.3 Å². The topological polar surface area (TPSA) is 72.7 Å². The van der Waals surface area contributed by atoms with Gasteiger partial charge in [0.15, 0.2) is 6.23 Å². The Kier molecular flexibility index (Phi) is 3.40. The van der Waals surface area contributed by atoms with E-state index in [0.29, 0.717) is 11.1 Å². The molecule has 2 heterocycles. The largest absolute Gasteiger partial charge is 0.342 e. The van der Waals surface area contributed by atoms with Gasteiger partial charge in [0.1, 0.15) is 0 Å². The number of hydrogen-bond donors (Lipinski definition) is 0. The van der Waals surface area contributed by atoms with Crippen LogP contribution in [0.3, 0.4) is 0 Å². The summed E-state index contributed by atoms with van der Waals surface area (Å²) < 4.78 is 6.46. The summed E-state index contributed by atoms with van der Waals surface area (Å²) in [5, 5.41) is 11.1. The van der Waals surface area contributed by atoms with Crippen LogP contribution >= 0.6 is 0 Å². The second kappa shape index (κ2) is 5.39. The Balaban J connectivity index is 1.92. The highest BCUT2D eigenvalue weighted by molar-refractivity contribution is 6.11. The molecule has 0 saturated carbocycles. The molecule has 0 aliphatic carbocycles. The SMILES string of the molecule is CCC1(CC)O[C@H]2c3ccc([N+](=O)[O-])cc3C(=O)N2c2ccccc21. The third-order valence-corrected chi connectivity index (χ3v) is 5.33. The second-order valence-electron chi connectivity index (χ2n) is 6.39. The summed E-state index contributed by atoms with van der Waals surface area (Å²) in [4.78, 5) is 25.2. The number of para-hydroxylation sites is 1. The van der Waals surface area contributed by atoms with Crippen molar-refractivity contribution in [1.29, 1.82) is 0 Å². The second-order valence-corrected chi connectivity index (χ2v) is 6.39. The number of rotatable bonds is 3. The average Bonchev–Trinajstić information content (AvgIpc) is 2.92. The number of non-ortho nitro benzene ring substituents is 1. The van der Waals surface area contributed by atoms with Gasteiger partial charge in [-0.25, -0.2) is 0 Å². The van der Waals surface area contributed by atoms with Gasteiger partial charge in [-0.3, -0.25) is 19.8 Å². The zero-order chi connectivity index (χ0) is 17.8. The molecule has 6 nitrogen and oxygen atoms in total. The van der Waals surface area contributed by atoms with E-state index in [4.69, 9.17) is 4.74 Å². The molecule has 2 aromatic carbocycles. The highest BCUT2D eigenvalue weighted by Crippen LogP contribution is 2.52. The Morgan fingerprint density at radius 2 is 1.92 bits per heavy atom. The first-order valence-corrected chi connectivity index (χ1v) is 8.41. The Hall–Kier alpha value is -2.73. The van der Waals surface area contributed by atoms with Gasteiger partial charge in [0.05, 0.1) is 21.8 Å². The number of nitro benzene ring substituents is 1. The third-order valence-electron chi connectivity index (χ3n) is 5.33. The molecule has 0 radical (unpaired) electrons. The Bertz CT molecular complexity index is 889. The fourth-order valence-corrected chi connectivity index (χ4v) is 3.93. The molecule has 0 spiro atoms. The molecule has 0 bridgehead atoms. The molecule has 0 fully saturated rings. The number of ether oxygens (including phenoxy) is 1. The minimum atomic E-state index is -0.543. The molecule has 2 aliphatic rings. The molecule has 2 aliphatic heterocycles. The van der Waals surface area contributed by atoms with Gasteiger partial charge in [-0.15, -0.1) is 0 Å². The maximum Gasteiger partial charge on any atom is 0.270 e. The molecule has 25 heavy (non-hydrogen) atoms. The van der Waals surface area contributed by atoms with E-state index >= 15 is 0 Å². The molecule has 1 amide bonds. The molecular formula is C19H18N2O4. The standard InChI is InChI=1S/C19H18N2O4/c1-3-19(4-2)15-7-5-6-8-16(15)20-17(22)14-11-12(21(23)24)9-10-13(14)18(20)25-19/h5-11,18H,3-4H2,1-2H3/t18-/m0/s1. The van der Waals surface area contributed by atoms with E-state index in [0.717, 1.165) is 24.1 Å². The molecule has 0 unspecified atom stereocenters. The first-order valence-electron chi connectivity index (χ1n) is 8.41. The van der Waals surface area contributed by atoms with Gasteiger partial charge in [0.2, 0.25) is 0 Å². The van der Waals surface area contributed by atoms with Crippen LogP contribution in [0.2, 0.25) is 0 Å².